The number of aryl methyl sites for hydroxylation is 1. The maximum Gasteiger partial charge on any atom is 0.271 e. The Kier molecular flexibility index (Phi) is 6.02. The van der Waals surface area contributed by atoms with E-state index in [1.807, 2.05) is 42.2 Å². The highest BCUT2D eigenvalue weighted by Gasteiger charge is 2.26. The second-order valence-corrected chi connectivity index (χ2v) is 6.52. The molecule has 1 aromatic heterocycles. The number of halogens is 1. The van der Waals surface area contributed by atoms with Crippen LogP contribution in [0.15, 0.2) is 30.3 Å². The largest absolute Gasteiger partial charge is 0.337 e. The molecule has 130 valence electrons. The number of likely N-dealkylation sites (tertiary alicyclic amines) is 1. The third-order valence-electron chi connectivity index (χ3n) is 4.73. The van der Waals surface area contributed by atoms with Gasteiger partial charge in [-0.25, -0.2) is 0 Å². The van der Waals surface area contributed by atoms with E-state index >= 15 is 0 Å². The number of nitrogens with zero attached hydrogens (tertiary/aromatic N) is 2. The molecule has 2 aromatic rings. The fourth-order valence-electron chi connectivity index (χ4n) is 3.10. The monoisotopic (exact) mass is 348 g/mol. The van der Waals surface area contributed by atoms with Gasteiger partial charge in [0, 0.05) is 24.7 Å². The number of nitrogens with two attached hydrogens (primary N) is 1. The third kappa shape index (κ3) is 3.97. The molecule has 6 heteroatoms. The van der Waals surface area contributed by atoms with Crippen molar-refractivity contribution < 1.29 is 4.79 Å². The molecule has 0 saturated carbocycles. The second-order valence-electron chi connectivity index (χ2n) is 6.52. The molecule has 2 heterocycles. The molecule has 1 aromatic carbocycles. The van der Waals surface area contributed by atoms with Crippen molar-refractivity contribution in [2.45, 2.75) is 32.7 Å². The Morgan fingerprint density at radius 1 is 1.29 bits per heavy atom. The summed E-state index contributed by atoms with van der Waals surface area (Å²) < 4.78 is 0. The van der Waals surface area contributed by atoms with Crippen LogP contribution in [0.1, 0.15) is 35.8 Å². The lowest BCUT2D eigenvalue weighted by Gasteiger charge is -2.33. The van der Waals surface area contributed by atoms with Crippen molar-refractivity contribution in [1.29, 1.82) is 0 Å². The number of aromatic amines is 1. The lowest BCUT2D eigenvalue weighted by molar-refractivity contribution is 0.0675. The van der Waals surface area contributed by atoms with E-state index in [1.54, 1.807) is 0 Å². The number of carbonyl (C=O) groups excluding carboxylic acids is 1. The molecular weight excluding hydrogens is 324 g/mol. The molecule has 0 aliphatic carbocycles. The van der Waals surface area contributed by atoms with Crippen LogP contribution < -0.4 is 5.73 Å². The highest BCUT2D eigenvalue weighted by atomic mass is 35.5. The van der Waals surface area contributed by atoms with Gasteiger partial charge in [0.05, 0.1) is 5.69 Å². The van der Waals surface area contributed by atoms with Gasteiger partial charge in [0.15, 0.2) is 0 Å². The zero-order valence-electron chi connectivity index (χ0n) is 14.2. The number of amides is 1. The summed E-state index contributed by atoms with van der Waals surface area (Å²) in [6, 6.07) is 10.2. The molecule has 1 atom stereocenters. The lowest BCUT2D eigenvalue weighted by atomic mass is 9.91. The zero-order chi connectivity index (χ0) is 16.4. The number of nitrogens with one attached hydrogen (secondary N) is 1. The van der Waals surface area contributed by atoms with Crippen molar-refractivity contribution in [2.24, 2.45) is 11.7 Å². The van der Waals surface area contributed by atoms with E-state index in [9.17, 15) is 4.79 Å². The van der Waals surface area contributed by atoms with Crippen molar-refractivity contribution in [3.05, 3.63) is 41.6 Å². The summed E-state index contributed by atoms with van der Waals surface area (Å²) in [5.74, 6) is 0.544. The first-order valence-electron chi connectivity index (χ1n) is 8.22. The molecule has 1 amide bonds. The van der Waals surface area contributed by atoms with E-state index < -0.39 is 0 Å². The molecule has 0 spiro atoms. The van der Waals surface area contributed by atoms with Crippen molar-refractivity contribution in [2.75, 3.05) is 13.1 Å². The summed E-state index contributed by atoms with van der Waals surface area (Å²) in [6.45, 7) is 5.63. The van der Waals surface area contributed by atoms with Crippen molar-refractivity contribution in [3.8, 4) is 11.3 Å². The van der Waals surface area contributed by atoms with Crippen LogP contribution >= 0.6 is 12.4 Å². The average molecular weight is 349 g/mol. The molecule has 1 aliphatic heterocycles. The van der Waals surface area contributed by atoms with Gasteiger partial charge >= 0.3 is 0 Å². The van der Waals surface area contributed by atoms with Crippen molar-refractivity contribution in [1.82, 2.24) is 15.1 Å². The van der Waals surface area contributed by atoms with Gasteiger partial charge in [-0.05, 0) is 38.7 Å². The van der Waals surface area contributed by atoms with Gasteiger partial charge < -0.3 is 10.6 Å². The molecule has 1 unspecified atom stereocenters. The van der Waals surface area contributed by atoms with E-state index in [2.05, 4.69) is 17.1 Å². The Morgan fingerprint density at radius 2 is 1.92 bits per heavy atom. The number of hydrogen-bond acceptors (Lipinski definition) is 3. The summed E-state index contributed by atoms with van der Waals surface area (Å²) in [5.41, 5.74) is 9.54. The smallest absolute Gasteiger partial charge is 0.271 e. The SMILES string of the molecule is Cc1ccc(-c2cc(C(=O)N3CCC(C(C)N)CC3)[nH]n2)cc1.Cl. The van der Waals surface area contributed by atoms with E-state index in [1.165, 1.54) is 5.56 Å². The van der Waals surface area contributed by atoms with Gasteiger partial charge in [-0.15, -0.1) is 12.4 Å². The molecule has 5 nitrogen and oxygen atoms in total. The highest BCUT2D eigenvalue weighted by Crippen LogP contribution is 2.22. The normalized spacial score (nSPS) is 16.5. The Labute approximate surface area is 149 Å². The van der Waals surface area contributed by atoms with Crippen molar-refractivity contribution >= 4 is 18.3 Å². The van der Waals surface area contributed by atoms with E-state index in [-0.39, 0.29) is 24.4 Å². The number of aromatic nitrogens is 2. The van der Waals surface area contributed by atoms with Gasteiger partial charge in [0.2, 0.25) is 0 Å². The molecule has 1 fully saturated rings. The molecule has 24 heavy (non-hydrogen) atoms. The molecule has 1 saturated heterocycles. The number of piperidine rings is 1. The Morgan fingerprint density at radius 3 is 2.50 bits per heavy atom. The van der Waals surface area contributed by atoms with E-state index in [0.717, 1.165) is 37.2 Å². The minimum absolute atomic E-state index is 0. The Balaban J connectivity index is 0.00000208. The topological polar surface area (TPSA) is 75.0 Å². The van der Waals surface area contributed by atoms with E-state index in [0.29, 0.717) is 11.6 Å². The molecule has 3 rings (SSSR count). The Hall–Kier alpha value is -1.85. The lowest BCUT2D eigenvalue weighted by Crippen LogP contribution is -2.42. The quantitative estimate of drug-likeness (QED) is 0.895. The molecule has 3 N–H and O–H groups in total. The highest BCUT2D eigenvalue weighted by molar-refractivity contribution is 5.93. The first-order valence-corrected chi connectivity index (χ1v) is 8.22. The number of H-pyrrole nitrogens is 1. The number of carbonyl (C=O) groups is 1. The van der Waals surface area contributed by atoms with Crippen LogP contribution in [0, 0.1) is 12.8 Å². The number of rotatable bonds is 3. The predicted octanol–water partition coefficient (Wildman–Crippen LogP) is 3.01. The van der Waals surface area contributed by atoms with Crippen LogP contribution in [-0.2, 0) is 0 Å². The first-order chi connectivity index (χ1) is 11.0. The van der Waals surface area contributed by atoms with Crippen molar-refractivity contribution in [3.63, 3.8) is 0 Å². The minimum atomic E-state index is 0. The molecule has 0 bridgehead atoms. The van der Waals surface area contributed by atoms with Crippen LogP contribution in [0.2, 0.25) is 0 Å². The second kappa shape index (κ2) is 7.81. The maximum atomic E-state index is 12.6. The third-order valence-corrected chi connectivity index (χ3v) is 4.73. The molecular formula is C18H25ClN4O. The number of benzene rings is 1. The van der Waals surface area contributed by atoms with Gasteiger partial charge in [0.1, 0.15) is 5.69 Å². The van der Waals surface area contributed by atoms with Crippen LogP contribution in [0.25, 0.3) is 11.3 Å². The van der Waals surface area contributed by atoms with E-state index in [4.69, 9.17) is 5.73 Å². The Bertz CT molecular complexity index is 673. The van der Waals surface area contributed by atoms with Gasteiger partial charge in [0.25, 0.3) is 5.91 Å². The summed E-state index contributed by atoms with van der Waals surface area (Å²) in [6.07, 6.45) is 1.95. The maximum absolute atomic E-state index is 12.6. The van der Waals surface area contributed by atoms with Gasteiger partial charge in [-0.1, -0.05) is 29.8 Å². The fourth-order valence-corrected chi connectivity index (χ4v) is 3.10. The average Bonchev–Trinajstić information content (AvgIpc) is 3.05. The van der Waals surface area contributed by atoms with Crippen LogP contribution in [-0.4, -0.2) is 40.1 Å². The standard InChI is InChI=1S/C18H24N4O.ClH/c1-12-3-5-15(6-4-12)16-11-17(21-20-16)18(23)22-9-7-14(8-10-22)13(2)19;/h3-6,11,13-14H,7-10,19H2,1-2H3,(H,20,21);1H. The van der Waals surface area contributed by atoms with Crippen LogP contribution in [0.3, 0.4) is 0 Å². The first kappa shape index (κ1) is 18.5. The molecule has 1 aliphatic rings. The summed E-state index contributed by atoms with van der Waals surface area (Å²) >= 11 is 0. The summed E-state index contributed by atoms with van der Waals surface area (Å²) in [4.78, 5) is 14.5. The number of hydrogen-bond donors (Lipinski definition) is 2. The van der Waals surface area contributed by atoms with Gasteiger partial charge in [-0.3, -0.25) is 9.89 Å². The van der Waals surface area contributed by atoms with Crippen LogP contribution in [0.5, 0.6) is 0 Å². The fraction of sp³-hybridized carbons (Fsp3) is 0.444. The van der Waals surface area contributed by atoms with Gasteiger partial charge in [-0.2, -0.15) is 5.10 Å². The van der Waals surface area contributed by atoms with Crippen LogP contribution in [0.4, 0.5) is 0 Å². The molecule has 0 radical (unpaired) electrons. The predicted molar refractivity (Wildman–Crippen MR) is 98.3 cm³/mol. The summed E-state index contributed by atoms with van der Waals surface area (Å²) in [5, 5.41) is 7.17. The zero-order valence-corrected chi connectivity index (χ0v) is 15.0. The minimum Gasteiger partial charge on any atom is -0.337 e. The summed E-state index contributed by atoms with van der Waals surface area (Å²) in [7, 11) is 0.